The van der Waals surface area contributed by atoms with E-state index in [9.17, 15) is 56.4 Å². The normalized spacial score (nSPS) is 19.6. The number of nitrogens with zero attached hydrogens (tertiary/aromatic N) is 8. The summed E-state index contributed by atoms with van der Waals surface area (Å²) in [4.78, 5) is 47.6. The average molecular weight is 1600 g/mol. The first-order valence-corrected chi connectivity index (χ1v) is 42.5. The lowest BCUT2D eigenvalue weighted by Gasteiger charge is -2.36. The predicted molar refractivity (Wildman–Crippen MR) is 401 cm³/mol. The fourth-order valence-electron chi connectivity index (χ4n) is 11.0. The van der Waals surface area contributed by atoms with Gasteiger partial charge in [-0.15, -0.1) is 12.4 Å². The molecule has 0 saturated carbocycles. The molecule has 6 N–H and O–H groups in total. The Bertz CT molecular complexity index is 3630. The highest BCUT2D eigenvalue weighted by Crippen LogP contribution is 2.31. The first-order chi connectivity index (χ1) is 45.5. The number of carbonyl (C=O) groups excluding carboxylic acids is 2. The number of nitrogens with one attached hydrogen (secondary N) is 4. The third-order valence-electron chi connectivity index (χ3n) is 16.0. The molecular formula is C65H113BrCl2F3N13O12S4. The quantitative estimate of drug-likeness (QED) is 0.0733. The highest BCUT2D eigenvalue weighted by molar-refractivity contribution is 9.10. The topological polar surface area (TPSA) is 328 Å². The molecule has 100 heavy (non-hydrogen) atoms. The maximum absolute atomic E-state index is 13.7. The number of benzene rings is 2. The number of rotatable bonds is 14. The molecule has 25 nitrogen and oxygen atoms in total. The molecule has 2 aromatic heterocycles. The van der Waals surface area contributed by atoms with E-state index in [1.165, 1.54) is 44.6 Å². The third-order valence-corrected chi connectivity index (χ3v) is 19.3. The Hall–Kier alpha value is -4.13. The van der Waals surface area contributed by atoms with Crippen molar-refractivity contribution in [1.29, 1.82) is 0 Å². The van der Waals surface area contributed by atoms with Gasteiger partial charge in [0.05, 0.1) is 34.3 Å². The molecule has 2 aromatic carbocycles. The summed E-state index contributed by atoms with van der Waals surface area (Å²) in [6, 6.07) is 4.83. The van der Waals surface area contributed by atoms with E-state index in [0.717, 1.165) is 115 Å². The van der Waals surface area contributed by atoms with E-state index in [2.05, 4.69) is 81.0 Å². The van der Waals surface area contributed by atoms with E-state index in [0.29, 0.717) is 70.1 Å². The van der Waals surface area contributed by atoms with Crippen molar-refractivity contribution in [1.82, 2.24) is 54.1 Å². The molecule has 6 heterocycles. The molecule has 4 fully saturated rings. The minimum absolute atomic E-state index is 0. The number of aromatic nitrogens is 4. The van der Waals surface area contributed by atoms with Gasteiger partial charge in [-0.2, -0.15) is 0 Å². The van der Waals surface area contributed by atoms with E-state index >= 15 is 0 Å². The third kappa shape index (κ3) is 38.6. The number of fused-ring (bicyclic) bond motifs is 2. The zero-order chi connectivity index (χ0) is 75.6. The fourth-order valence-corrected chi connectivity index (χ4v) is 14.2. The lowest BCUT2D eigenvalue weighted by atomic mass is 9.92. The van der Waals surface area contributed by atoms with Gasteiger partial charge >= 0.3 is 12.2 Å². The number of hydrogen-bond acceptors (Lipinski definition) is 20. The van der Waals surface area contributed by atoms with Gasteiger partial charge in [0.25, 0.3) is 0 Å². The van der Waals surface area contributed by atoms with Crippen LogP contribution in [-0.4, -0.2) is 219 Å². The number of carbonyl (C=O) groups is 2. The number of ether oxygens (including phenoxy) is 2. The van der Waals surface area contributed by atoms with E-state index in [-0.39, 0.29) is 71.6 Å². The van der Waals surface area contributed by atoms with Crippen molar-refractivity contribution in [3.63, 3.8) is 0 Å². The summed E-state index contributed by atoms with van der Waals surface area (Å²) in [5.41, 5.74) is 5.91. The molecule has 4 aromatic rings. The number of likely N-dealkylation sites (tertiary alicyclic amines) is 2. The highest BCUT2D eigenvalue weighted by Gasteiger charge is 2.33. The summed E-state index contributed by atoms with van der Waals surface area (Å²) in [5, 5.41) is 4.50. The second-order valence-corrected chi connectivity index (χ2v) is 36.5. The predicted octanol–water partition coefficient (Wildman–Crippen LogP) is 10.2. The number of sulfone groups is 1. The molecule has 35 heteroatoms. The van der Waals surface area contributed by atoms with Crippen LogP contribution >= 0.6 is 39.9 Å². The summed E-state index contributed by atoms with van der Waals surface area (Å²) < 4.78 is 146. The van der Waals surface area contributed by atoms with Gasteiger partial charge in [0, 0.05) is 92.8 Å². The van der Waals surface area contributed by atoms with Crippen LogP contribution in [0.25, 0.3) is 21.8 Å². The second-order valence-electron chi connectivity index (χ2n) is 27.7. The molecule has 8 atom stereocenters. The van der Waals surface area contributed by atoms with Gasteiger partial charge in [-0.25, -0.2) is 90.5 Å². The lowest BCUT2D eigenvalue weighted by Crippen LogP contribution is -2.48. The van der Waals surface area contributed by atoms with Crippen LogP contribution in [0.3, 0.4) is 0 Å². The standard InChI is InChI=1S/C16H20F2N4O2S.C13H26N2O4S.C12H24N2O2.C8H3BrClFN2.C8H18N2O2S.C6H15N.C2H6O2S.ClH/c1-10(21-25(2,23)24)11-4-3-5-22(8-11)16-12-6-13(17)14(18)7-15(12)19-9-20-16;1-10(14-20(5,17)18)11-7-6-8-15(9-11)12(16)19-13(2,3)4;1-9(13)10-6-5-7-14(8-10)11(15)16-12(2,3)4;9-5-2-7-4(1-6(5)11)8(10)13-3-12-7;1-7(10-13(2,11)12)8-4-3-5-9-6-8;1-4-7(5-2)6-3;1-5(2,3)4;/h6-7,9-11,21H,3-5,8H2,1-2H3;10-11,14H,6-9H2,1-5H3;9-10H,5-8,13H2,1-4H3;1-3H;7-10H,3-6H2,1-2H3;4-6H2,1-3H3;1-2H3;1H. The van der Waals surface area contributed by atoms with Crippen LogP contribution in [0.4, 0.5) is 28.6 Å². The van der Waals surface area contributed by atoms with E-state index in [1.54, 1.807) is 15.9 Å². The largest absolute Gasteiger partial charge is 0.444 e. The Balaban J connectivity index is 0.000000609. The van der Waals surface area contributed by atoms with Gasteiger partial charge in [-0.1, -0.05) is 32.4 Å². The summed E-state index contributed by atoms with van der Waals surface area (Å²) in [6.45, 7) is 34.9. The van der Waals surface area contributed by atoms with Gasteiger partial charge in [0.1, 0.15) is 50.5 Å². The van der Waals surface area contributed by atoms with Gasteiger partial charge in [0.2, 0.25) is 30.1 Å². The van der Waals surface area contributed by atoms with Crippen molar-refractivity contribution in [2.45, 2.75) is 177 Å². The van der Waals surface area contributed by atoms with Crippen molar-refractivity contribution in [2.24, 2.45) is 29.4 Å². The monoisotopic (exact) mass is 1600 g/mol. The molecule has 4 aliphatic heterocycles. The molecule has 8 unspecified atom stereocenters. The van der Waals surface area contributed by atoms with E-state index in [4.69, 9.17) is 26.8 Å². The first-order valence-electron chi connectivity index (χ1n) is 33.3. The Kier molecular flexibility index (Phi) is 40.7. The number of amides is 2. The summed E-state index contributed by atoms with van der Waals surface area (Å²) in [6.07, 6.45) is 15.8. The Labute approximate surface area is 613 Å². The van der Waals surface area contributed by atoms with Gasteiger partial charge in [-0.3, -0.25) is 0 Å². The Morgan fingerprint density at radius 3 is 1.42 bits per heavy atom. The van der Waals surface area contributed by atoms with Crippen molar-refractivity contribution >= 4 is 120 Å². The Morgan fingerprint density at radius 2 is 1.00 bits per heavy atom. The van der Waals surface area contributed by atoms with Crippen molar-refractivity contribution < 1.29 is 65.9 Å². The molecule has 2 amide bonds. The fraction of sp³-hybridized carbons (Fsp3) is 0.723. The van der Waals surface area contributed by atoms with Crippen molar-refractivity contribution in [3.8, 4) is 0 Å². The van der Waals surface area contributed by atoms with Crippen molar-refractivity contribution in [2.75, 3.05) is 108 Å². The van der Waals surface area contributed by atoms with Gasteiger partial charge in [0.15, 0.2) is 11.6 Å². The minimum Gasteiger partial charge on any atom is -0.444 e. The highest BCUT2D eigenvalue weighted by atomic mass is 79.9. The number of piperidine rings is 4. The number of nitrogens with two attached hydrogens (primary N) is 1. The van der Waals surface area contributed by atoms with Crippen molar-refractivity contribution in [3.05, 3.63) is 64.0 Å². The molecule has 4 saturated heterocycles. The molecule has 576 valence electrons. The molecular weight excluding hydrogens is 1490 g/mol. The molecule has 0 spiro atoms. The zero-order valence-corrected chi connectivity index (χ0v) is 67.9. The van der Waals surface area contributed by atoms with Crippen LogP contribution < -0.4 is 30.1 Å². The minimum atomic E-state index is -3.29. The lowest BCUT2D eigenvalue weighted by molar-refractivity contribution is 0.0144. The summed E-state index contributed by atoms with van der Waals surface area (Å²) in [5.74, 6) is -0.664. The van der Waals surface area contributed by atoms with E-state index < -0.39 is 62.7 Å². The summed E-state index contributed by atoms with van der Waals surface area (Å²) in [7, 11) is -12.2. The zero-order valence-electron chi connectivity index (χ0n) is 61.5. The van der Waals surface area contributed by atoms with Gasteiger partial charge < -0.3 is 40.1 Å². The Morgan fingerprint density at radius 1 is 0.610 bits per heavy atom. The van der Waals surface area contributed by atoms with Crippen LogP contribution in [0, 0.1) is 41.1 Å². The second kappa shape index (κ2) is 43.3. The van der Waals surface area contributed by atoms with E-state index in [1.807, 2.05) is 74.1 Å². The van der Waals surface area contributed by atoms with Crippen LogP contribution in [-0.2, 0) is 49.4 Å². The molecule has 0 bridgehead atoms. The van der Waals surface area contributed by atoms with Crippen LogP contribution in [0.5, 0.6) is 0 Å². The maximum Gasteiger partial charge on any atom is 0.410 e. The number of sulfonamides is 3. The SMILES string of the molecule is CC(N)C1CCCN(C(=O)OC(C)(C)C)C1.CC(NS(C)(=O)=O)C1CCCN(C(=O)OC(C)(C)C)C1.CC(NS(C)(=O)=O)C1CCCN(c2ncnc3cc(F)c(F)cc23)C1.CC(NS(C)(=O)=O)C1CCCNC1.CCN(CC)CC.CS(C)(=O)=O.Cl.Fc1cc2c(Cl)ncnc2cc1Br. The molecule has 4 aliphatic rings. The molecule has 0 aliphatic carbocycles. The van der Waals surface area contributed by atoms with Crippen LogP contribution in [0.15, 0.2) is 41.4 Å². The average Bonchev–Trinajstić information content (AvgIpc) is 0.791. The van der Waals surface area contributed by atoms with Gasteiger partial charge in [-0.05, 0) is 211 Å². The first kappa shape index (κ1) is 93.9. The van der Waals surface area contributed by atoms with Crippen LogP contribution in [0.1, 0.15) is 141 Å². The maximum atomic E-state index is 13.7. The molecule has 8 rings (SSSR count). The van der Waals surface area contributed by atoms with Crippen LogP contribution in [0.2, 0.25) is 5.15 Å². The molecule has 0 radical (unpaired) electrons. The number of hydrogen-bond donors (Lipinski definition) is 5. The smallest absolute Gasteiger partial charge is 0.410 e. The number of anilines is 1. The summed E-state index contributed by atoms with van der Waals surface area (Å²) >= 11 is 8.81. The number of halogens is 6.